The van der Waals surface area contributed by atoms with Crippen LogP contribution in [-0.4, -0.2) is 28.6 Å². The zero-order chi connectivity index (χ0) is 24.7. The van der Waals surface area contributed by atoms with Gasteiger partial charge in [-0.05, 0) is 58.7 Å². The van der Waals surface area contributed by atoms with Crippen LogP contribution in [0.25, 0.3) is 0 Å². The van der Waals surface area contributed by atoms with Crippen molar-refractivity contribution >= 4 is 45.2 Å². The van der Waals surface area contributed by atoms with Gasteiger partial charge in [-0.1, -0.05) is 18.2 Å². The highest BCUT2D eigenvalue weighted by atomic mass is 79.9. The van der Waals surface area contributed by atoms with Gasteiger partial charge in [0.05, 0.1) is 38.8 Å². The summed E-state index contributed by atoms with van der Waals surface area (Å²) in [6.45, 7) is 2.07. The minimum Gasteiger partial charge on any atom is -0.490 e. The van der Waals surface area contributed by atoms with Crippen molar-refractivity contribution in [2.45, 2.75) is 6.92 Å². The number of anilines is 1. The molecule has 1 N–H and O–H groups in total. The van der Waals surface area contributed by atoms with E-state index in [2.05, 4.69) is 26.5 Å². The van der Waals surface area contributed by atoms with E-state index in [9.17, 15) is 25.0 Å². The number of non-ortho nitro benzene ring substituents is 1. The highest BCUT2D eigenvalue weighted by Gasteiger charge is 2.20. The number of nitrogens with one attached hydrogen (secondary N) is 1. The molecule has 0 radical (unpaired) electrons. The van der Waals surface area contributed by atoms with Gasteiger partial charge in [-0.15, -0.1) is 0 Å². The molecule has 0 aromatic heterocycles. The molecule has 174 valence electrons. The summed E-state index contributed by atoms with van der Waals surface area (Å²) in [7, 11) is 0. The van der Waals surface area contributed by atoms with E-state index in [0.29, 0.717) is 22.2 Å². The van der Waals surface area contributed by atoms with E-state index < -0.39 is 27.2 Å². The van der Waals surface area contributed by atoms with Crippen LogP contribution in [0.3, 0.4) is 0 Å². The van der Waals surface area contributed by atoms with Crippen LogP contribution in [0.5, 0.6) is 11.5 Å². The molecule has 0 unspecified atom stereocenters. The van der Waals surface area contributed by atoms with Crippen molar-refractivity contribution in [3.63, 3.8) is 0 Å². The van der Waals surface area contributed by atoms with Gasteiger partial charge in [-0.25, -0.2) is 4.79 Å². The second-order valence-corrected chi connectivity index (χ2v) is 7.46. The van der Waals surface area contributed by atoms with Crippen molar-refractivity contribution in [1.82, 2.24) is 0 Å². The van der Waals surface area contributed by atoms with Gasteiger partial charge in [-0.3, -0.25) is 25.7 Å². The summed E-state index contributed by atoms with van der Waals surface area (Å²) < 4.78 is 11.5. The number of nitro benzene ring substituents is 2. The average molecular weight is 529 g/mol. The number of hydrazone groups is 1. The number of halogens is 1. The van der Waals surface area contributed by atoms with E-state index in [-0.39, 0.29) is 17.2 Å². The normalized spacial score (nSPS) is 10.6. The smallest absolute Gasteiger partial charge is 0.343 e. The minimum absolute atomic E-state index is 0.0237. The number of benzene rings is 3. The Morgan fingerprint density at radius 2 is 1.82 bits per heavy atom. The molecule has 0 fully saturated rings. The standard InChI is InChI=1S/C22H17BrN4O7/c1-2-33-20-11-14(10-17(23)21(20)34-22(28)15-6-4-3-5-7-15)13-24-25-18-9-8-16(26(29)30)12-19(18)27(31)32/h3-13,25H,2H2,1H3/b24-13-. The van der Waals surface area contributed by atoms with Crippen LogP contribution >= 0.6 is 15.9 Å². The maximum Gasteiger partial charge on any atom is 0.343 e. The number of carbonyl (C=O) groups excluding carboxylic acids is 1. The first-order chi connectivity index (χ1) is 16.3. The van der Waals surface area contributed by atoms with Crippen molar-refractivity contribution in [1.29, 1.82) is 0 Å². The zero-order valence-corrected chi connectivity index (χ0v) is 19.2. The number of nitro groups is 2. The molecule has 0 spiro atoms. The lowest BCUT2D eigenvalue weighted by Gasteiger charge is -2.13. The predicted molar refractivity (Wildman–Crippen MR) is 128 cm³/mol. The van der Waals surface area contributed by atoms with Crippen LogP contribution in [0.15, 0.2) is 70.2 Å². The van der Waals surface area contributed by atoms with E-state index in [1.54, 1.807) is 49.4 Å². The largest absolute Gasteiger partial charge is 0.490 e. The Kier molecular flexibility index (Phi) is 7.88. The first-order valence-electron chi connectivity index (χ1n) is 9.75. The number of carbonyl (C=O) groups is 1. The summed E-state index contributed by atoms with van der Waals surface area (Å²) in [4.78, 5) is 33.1. The van der Waals surface area contributed by atoms with E-state index in [0.717, 1.165) is 12.1 Å². The molecule has 0 aliphatic carbocycles. The van der Waals surface area contributed by atoms with Crippen LogP contribution in [0.1, 0.15) is 22.8 Å². The van der Waals surface area contributed by atoms with Crippen LogP contribution in [0.4, 0.5) is 17.1 Å². The Morgan fingerprint density at radius 1 is 1.09 bits per heavy atom. The Morgan fingerprint density at radius 3 is 2.47 bits per heavy atom. The van der Waals surface area contributed by atoms with E-state index in [1.165, 1.54) is 12.3 Å². The number of hydrogen-bond donors (Lipinski definition) is 1. The van der Waals surface area contributed by atoms with Gasteiger partial charge >= 0.3 is 11.7 Å². The van der Waals surface area contributed by atoms with Gasteiger partial charge in [-0.2, -0.15) is 5.10 Å². The van der Waals surface area contributed by atoms with Crippen molar-refractivity contribution < 1.29 is 24.1 Å². The lowest BCUT2D eigenvalue weighted by atomic mass is 10.2. The summed E-state index contributed by atoms with van der Waals surface area (Å²) in [5, 5.41) is 26.1. The average Bonchev–Trinajstić information content (AvgIpc) is 2.81. The fraction of sp³-hybridized carbons (Fsp3) is 0.0909. The second kappa shape index (κ2) is 11.0. The first-order valence-corrected chi connectivity index (χ1v) is 10.5. The van der Waals surface area contributed by atoms with Crippen LogP contribution < -0.4 is 14.9 Å². The van der Waals surface area contributed by atoms with Gasteiger partial charge < -0.3 is 9.47 Å². The number of esters is 1. The third-order valence-electron chi connectivity index (χ3n) is 4.32. The predicted octanol–water partition coefficient (Wildman–Crippen LogP) is 5.33. The summed E-state index contributed by atoms with van der Waals surface area (Å²) in [5.74, 6) is -0.0911. The minimum atomic E-state index is -0.746. The Hall–Kier alpha value is -4.32. The van der Waals surface area contributed by atoms with Gasteiger partial charge in [0.25, 0.3) is 5.69 Å². The lowest BCUT2D eigenvalue weighted by molar-refractivity contribution is -0.393. The Balaban J connectivity index is 1.83. The van der Waals surface area contributed by atoms with E-state index in [4.69, 9.17) is 9.47 Å². The molecule has 0 bridgehead atoms. The van der Waals surface area contributed by atoms with Crippen LogP contribution in [0, 0.1) is 20.2 Å². The number of nitrogens with zero attached hydrogens (tertiary/aromatic N) is 3. The summed E-state index contributed by atoms with van der Waals surface area (Å²) >= 11 is 3.37. The lowest BCUT2D eigenvalue weighted by Crippen LogP contribution is -2.10. The molecule has 3 aromatic rings. The second-order valence-electron chi connectivity index (χ2n) is 6.60. The van der Waals surface area contributed by atoms with Crippen molar-refractivity contribution in [2.75, 3.05) is 12.0 Å². The van der Waals surface area contributed by atoms with Gasteiger partial charge in [0.15, 0.2) is 11.5 Å². The Labute approximate surface area is 201 Å². The topological polar surface area (TPSA) is 146 Å². The quantitative estimate of drug-likeness (QED) is 0.129. The molecule has 0 atom stereocenters. The zero-order valence-electron chi connectivity index (χ0n) is 17.6. The van der Waals surface area contributed by atoms with Crippen LogP contribution in [-0.2, 0) is 0 Å². The molecule has 0 heterocycles. The summed E-state index contributed by atoms with van der Waals surface area (Å²) in [6.07, 6.45) is 1.36. The molecule has 34 heavy (non-hydrogen) atoms. The number of rotatable bonds is 9. The highest BCUT2D eigenvalue weighted by molar-refractivity contribution is 9.10. The molecule has 0 aliphatic rings. The third-order valence-corrected chi connectivity index (χ3v) is 4.91. The number of ether oxygens (including phenoxy) is 2. The molecule has 3 rings (SSSR count). The molecular formula is C22H17BrN4O7. The monoisotopic (exact) mass is 528 g/mol. The van der Waals surface area contributed by atoms with Crippen molar-refractivity contribution in [3.8, 4) is 11.5 Å². The van der Waals surface area contributed by atoms with Crippen molar-refractivity contribution in [3.05, 3.63) is 96.5 Å². The maximum atomic E-state index is 12.5. The number of hydrogen-bond acceptors (Lipinski definition) is 9. The molecular weight excluding hydrogens is 512 g/mol. The van der Waals surface area contributed by atoms with E-state index >= 15 is 0 Å². The molecule has 0 aliphatic heterocycles. The summed E-state index contributed by atoms with van der Waals surface area (Å²) in [6, 6.07) is 14.8. The molecule has 0 saturated heterocycles. The molecule has 12 heteroatoms. The summed E-state index contributed by atoms with van der Waals surface area (Å²) in [5.41, 5.74) is 2.48. The molecule has 3 aromatic carbocycles. The fourth-order valence-electron chi connectivity index (χ4n) is 2.81. The third kappa shape index (κ3) is 5.92. The van der Waals surface area contributed by atoms with Crippen molar-refractivity contribution in [2.24, 2.45) is 5.10 Å². The van der Waals surface area contributed by atoms with Gasteiger partial charge in [0.1, 0.15) is 5.69 Å². The first kappa shape index (κ1) is 24.3. The SMILES string of the molecule is CCOc1cc(/C=N\Nc2ccc([N+](=O)[O-])cc2[N+](=O)[O-])cc(Br)c1OC(=O)c1ccccc1. The van der Waals surface area contributed by atoms with E-state index in [1.807, 2.05) is 0 Å². The highest BCUT2D eigenvalue weighted by Crippen LogP contribution is 2.37. The van der Waals surface area contributed by atoms with Gasteiger partial charge in [0, 0.05) is 6.07 Å². The molecule has 11 nitrogen and oxygen atoms in total. The van der Waals surface area contributed by atoms with Gasteiger partial charge in [0.2, 0.25) is 0 Å². The molecule has 0 amide bonds. The maximum absolute atomic E-state index is 12.5. The fourth-order valence-corrected chi connectivity index (χ4v) is 3.35. The molecule has 0 saturated carbocycles. The van der Waals surface area contributed by atoms with Crippen LogP contribution in [0.2, 0.25) is 0 Å². The Bertz CT molecular complexity index is 1270.